The third-order valence-electron chi connectivity index (χ3n) is 1.53. The Morgan fingerprint density at radius 1 is 1.60 bits per heavy atom. The van der Waals surface area contributed by atoms with Gasteiger partial charge in [0, 0.05) is 19.0 Å². The molecule has 0 saturated heterocycles. The molecule has 0 atom stereocenters. The highest BCUT2D eigenvalue weighted by molar-refractivity contribution is 5.21. The molecule has 0 aromatic carbocycles. The fraction of sp³-hybridized carbons (Fsp3) is 0.375. The Labute approximate surface area is 60.5 Å². The van der Waals surface area contributed by atoms with Gasteiger partial charge < -0.3 is 5.11 Å². The first kappa shape index (κ1) is 7.22. The van der Waals surface area contributed by atoms with Crippen LogP contribution in [-0.2, 0) is 6.42 Å². The fourth-order valence-corrected chi connectivity index (χ4v) is 0.879. The Bertz CT molecular complexity index is 210. The van der Waals surface area contributed by atoms with Crippen LogP contribution in [0.1, 0.15) is 11.1 Å². The van der Waals surface area contributed by atoms with Gasteiger partial charge in [-0.1, -0.05) is 0 Å². The molecule has 0 amide bonds. The van der Waals surface area contributed by atoms with Crippen LogP contribution in [0.3, 0.4) is 0 Å². The van der Waals surface area contributed by atoms with Crippen LogP contribution in [0.25, 0.3) is 0 Å². The van der Waals surface area contributed by atoms with E-state index >= 15 is 0 Å². The second-order valence-corrected chi connectivity index (χ2v) is 2.28. The summed E-state index contributed by atoms with van der Waals surface area (Å²) < 4.78 is 0. The van der Waals surface area contributed by atoms with Crippen molar-refractivity contribution in [3.8, 4) is 0 Å². The molecule has 0 fully saturated rings. The van der Waals surface area contributed by atoms with Gasteiger partial charge in [0.1, 0.15) is 0 Å². The first-order chi connectivity index (χ1) is 4.84. The van der Waals surface area contributed by atoms with Crippen molar-refractivity contribution >= 4 is 0 Å². The summed E-state index contributed by atoms with van der Waals surface area (Å²) in [5, 5.41) is 8.62. The fourth-order valence-electron chi connectivity index (χ4n) is 0.879. The number of hydrogen-bond acceptors (Lipinski definition) is 2. The van der Waals surface area contributed by atoms with Crippen LogP contribution in [0.4, 0.5) is 0 Å². The standard InChI is InChI=1S/C8H11NO/c1-7-2-4-9-6-8(7)3-5-10/h2,4,6,10H,3,5H2,1H3. The first-order valence-electron chi connectivity index (χ1n) is 3.35. The molecule has 1 heterocycles. The Balaban J connectivity index is 2.81. The summed E-state index contributed by atoms with van der Waals surface area (Å²) >= 11 is 0. The maximum atomic E-state index is 8.62. The van der Waals surface area contributed by atoms with Gasteiger partial charge in [-0.15, -0.1) is 0 Å². The lowest BCUT2D eigenvalue weighted by Gasteiger charge is -1.99. The molecule has 1 aromatic heterocycles. The van der Waals surface area contributed by atoms with Crippen LogP contribution in [-0.4, -0.2) is 16.7 Å². The van der Waals surface area contributed by atoms with Gasteiger partial charge in [-0.2, -0.15) is 0 Å². The van der Waals surface area contributed by atoms with E-state index in [1.54, 1.807) is 12.4 Å². The van der Waals surface area contributed by atoms with E-state index in [0.29, 0.717) is 6.42 Å². The number of aryl methyl sites for hydroxylation is 1. The minimum Gasteiger partial charge on any atom is -0.396 e. The molecule has 0 saturated carbocycles. The summed E-state index contributed by atoms with van der Waals surface area (Å²) in [6.45, 7) is 2.22. The molecule has 0 unspecified atom stereocenters. The molecular weight excluding hydrogens is 126 g/mol. The molecule has 2 nitrogen and oxygen atoms in total. The molecule has 10 heavy (non-hydrogen) atoms. The molecule has 54 valence electrons. The zero-order valence-electron chi connectivity index (χ0n) is 6.04. The van der Waals surface area contributed by atoms with Crippen molar-refractivity contribution in [1.82, 2.24) is 4.98 Å². The number of rotatable bonds is 2. The lowest BCUT2D eigenvalue weighted by Crippen LogP contribution is -1.93. The number of nitrogens with zero attached hydrogens (tertiary/aromatic N) is 1. The number of hydrogen-bond donors (Lipinski definition) is 1. The quantitative estimate of drug-likeness (QED) is 0.657. The van der Waals surface area contributed by atoms with E-state index in [1.807, 2.05) is 13.0 Å². The minimum absolute atomic E-state index is 0.201. The van der Waals surface area contributed by atoms with Gasteiger partial charge in [-0.05, 0) is 30.5 Å². The monoisotopic (exact) mass is 137 g/mol. The summed E-state index contributed by atoms with van der Waals surface area (Å²) in [5.74, 6) is 0. The summed E-state index contributed by atoms with van der Waals surface area (Å²) in [7, 11) is 0. The van der Waals surface area contributed by atoms with Crippen LogP contribution in [0.2, 0.25) is 0 Å². The molecule has 0 aliphatic rings. The smallest absolute Gasteiger partial charge is 0.0472 e. The SMILES string of the molecule is Cc1ccncc1CCO. The van der Waals surface area contributed by atoms with Gasteiger partial charge in [0.25, 0.3) is 0 Å². The van der Waals surface area contributed by atoms with Gasteiger partial charge in [0.15, 0.2) is 0 Å². The van der Waals surface area contributed by atoms with E-state index < -0.39 is 0 Å². The van der Waals surface area contributed by atoms with Gasteiger partial charge in [-0.25, -0.2) is 0 Å². The molecular formula is C8H11NO. The van der Waals surface area contributed by atoms with Crippen molar-refractivity contribution in [2.75, 3.05) is 6.61 Å². The maximum absolute atomic E-state index is 8.62. The van der Waals surface area contributed by atoms with Gasteiger partial charge >= 0.3 is 0 Å². The number of aliphatic hydroxyl groups excluding tert-OH is 1. The number of pyridine rings is 1. The number of aromatic nitrogens is 1. The van der Waals surface area contributed by atoms with Crippen molar-refractivity contribution in [2.45, 2.75) is 13.3 Å². The molecule has 1 N–H and O–H groups in total. The predicted molar refractivity (Wildman–Crippen MR) is 39.8 cm³/mol. The van der Waals surface area contributed by atoms with Crippen molar-refractivity contribution in [1.29, 1.82) is 0 Å². The summed E-state index contributed by atoms with van der Waals surface area (Å²) in [6.07, 6.45) is 4.27. The topological polar surface area (TPSA) is 33.1 Å². The summed E-state index contributed by atoms with van der Waals surface area (Å²) in [6, 6.07) is 1.95. The van der Waals surface area contributed by atoms with Crippen LogP contribution >= 0.6 is 0 Å². The lowest BCUT2D eigenvalue weighted by molar-refractivity contribution is 0.299. The Morgan fingerprint density at radius 2 is 2.40 bits per heavy atom. The maximum Gasteiger partial charge on any atom is 0.0472 e. The average Bonchev–Trinajstić information content (AvgIpc) is 1.94. The zero-order chi connectivity index (χ0) is 7.40. The Morgan fingerprint density at radius 3 is 3.00 bits per heavy atom. The minimum atomic E-state index is 0.201. The van der Waals surface area contributed by atoms with Crippen LogP contribution in [0.15, 0.2) is 18.5 Å². The average molecular weight is 137 g/mol. The zero-order valence-corrected chi connectivity index (χ0v) is 6.04. The van der Waals surface area contributed by atoms with E-state index in [0.717, 1.165) is 5.56 Å². The van der Waals surface area contributed by atoms with E-state index in [2.05, 4.69) is 4.98 Å². The Kier molecular flexibility index (Phi) is 2.40. The molecule has 0 aliphatic heterocycles. The van der Waals surface area contributed by atoms with E-state index in [1.165, 1.54) is 5.56 Å². The molecule has 0 aliphatic carbocycles. The molecule has 0 spiro atoms. The molecule has 0 bridgehead atoms. The second kappa shape index (κ2) is 3.32. The van der Waals surface area contributed by atoms with Crippen molar-refractivity contribution < 1.29 is 5.11 Å². The highest BCUT2D eigenvalue weighted by Crippen LogP contribution is 2.04. The third-order valence-corrected chi connectivity index (χ3v) is 1.53. The normalized spacial score (nSPS) is 9.80. The highest BCUT2D eigenvalue weighted by atomic mass is 16.2. The molecule has 1 aromatic rings. The second-order valence-electron chi connectivity index (χ2n) is 2.28. The summed E-state index contributed by atoms with van der Waals surface area (Å²) in [5.41, 5.74) is 2.33. The largest absolute Gasteiger partial charge is 0.396 e. The van der Waals surface area contributed by atoms with E-state index in [-0.39, 0.29) is 6.61 Å². The predicted octanol–water partition coefficient (Wildman–Crippen LogP) is 0.925. The van der Waals surface area contributed by atoms with Crippen LogP contribution < -0.4 is 0 Å². The first-order valence-corrected chi connectivity index (χ1v) is 3.35. The van der Waals surface area contributed by atoms with Gasteiger partial charge in [-0.3, -0.25) is 4.98 Å². The van der Waals surface area contributed by atoms with E-state index in [9.17, 15) is 0 Å². The highest BCUT2D eigenvalue weighted by Gasteiger charge is 1.94. The third kappa shape index (κ3) is 1.54. The van der Waals surface area contributed by atoms with Crippen LogP contribution in [0.5, 0.6) is 0 Å². The van der Waals surface area contributed by atoms with Gasteiger partial charge in [0.05, 0.1) is 0 Å². The van der Waals surface area contributed by atoms with Crippen molar-refractivity contribution in [2.24, 2.45) is 0 Å². The van der Waals surface area contributed by atoms with E-state index in [4.69, 9.17) is 5.11 Å². The lowest BCUT2D eigenvalue weighted by atomic mass is 10.1. The van der Waals surface area contributed by atoms with Crippen molar-refractivity contribution in [3.05, 3.63) is 29.6 Å². The van der Waals surface area contributed by atoms with Gasteiger partial charge in [0.2, 0.25) is 0 Å². The summed E-state index contributed by atoms with van der Waals surface area (Å²) in [4.78, 5) is 3.95. The molecule has 1 rings (SSSR count). The number of aliphatic hydroxyl groups is 1. The van der Waals surface area contributed by atoms with Crippen molar-refractivity contribution in [3.63, 3.8) is 0 Å². The van der Waals surface area contributed by atoms with Crippen LogP contribution in [0, 0.1) is 6.92 Å². The molecule has 0 radical (unpaired) electrons. The molecule has 2 heteroatoms. The Hall–Kier alpha value is -0.890.